The van der Waals surface area contributed by atoms with E-state index in [1.54, 1.807) is 41.5 Å². The van der Waals surface area contributed by atoms with Crippen LogP contribution in [0.5, 0.6) is 0 Å². The number of nitrogens with zero attached hydrogens (tertiary/aromatic N) is 7. The van der Waals surface area contributed by atoms with Gasteiger partial charge in [0.15, 0.2) is 0 Å². The normalized spacial score (nSPS) is 26.4. The summed E-state index contributed by atoms with van der Waals surface area (Å²) in [6.45, 7) is 31.5. The van der Waals surface area contributed by atoms with Gasteiger partial charge in [0.1, 0.15) is 66.5 Å². The number of nitrogens with one attached hydrogen (secondary N) is 5. The molecular weight excluding hydrogens is 1180 g/mol. The van der Waals surface area contributed by atoms with Crippen LogP contribution in [0, 0.1) is 41.4 Å². The molecular formula is C67H122N12O13. The summed E-state index contributed by atoms with van der Waals surface area (Å²) in [5.41, 5.74) is 0. The molecule has 1 saturated heterocycles. The van der Waals surface area contributed by atoms with Crippen molar-refractivity contribution in [1.82, 2.24) is 60.9 Å². The van der Waals surface area contributed by atoms with Crippen molar-refractivity contribution in [2.75, 3.05) is 55.9 Å². The van der Waals surface area contributed by atoms with Crippen LogP contribution >= 0.6 is 0 Å². The topological polar surface area (TPSA) is 308 Å². The number of carbonyl (C=O) groups is 12. The number of rotatable bonds is 20. The molecule has 6 N–H and O–H groups in total. The van der Waals surface area contributed by atoms with Gasteiger partial charge in [-0.05, 0) is 107 Å². The van der Waals surface area contributed by atoms with Crippen molar-refractivity contribution in [1.29, 1.82) is 0 Å². The van der Waals surface area contributed by atoms with Gasteiger partial charge in [-0.2, -0.15) is 0 Å². The van der Waals surface area contributed by atoms with E-state index in [1.807, 2.05) is 55.4 Å². The van der Waals surface area contributed by atoms with E-state index in [9.17, 15) is 43.5 Å². The average Bonchev–Trinajstić information content (AvgIpc) is 0.815. The van der Waals surface area contributed by atoms with Crippen LogP contribution in [0.3, 0.4) is 0 Å². The molecule has 0 aliphatic carbocycles. The van der Waals surface area contributed by atoms with E-state index in [0.29, 0.717) is 19.4 Å². The van der Waals surface area contributed by atoms with Crippen LogP contribution in [0.2, 0.25) is 0 Å². The Balaban J connectivity index is 4.36. The minimum absolute atomic E-state index is 0.00167. The monoisotopic (exact) mass is 1300 g/mol. The van der Waals surface area contributed by atoms with E-state index in [1.165, 1.54) is 102 Å². The molecule has 1 aliphatic rings. The van der Waals surface area contributed by atoms with Gasteiger partial charge in [-0.3, -0.25) is 57.5 Å². The fourth-order valence-electron chi connectivity index (χ4n) is 11.8. The molecule has 0 spiro atoms. The van der Waals surface area contributed by atoms with Gasteiger partial charge in [0, 0.05) is 62.8 Å². The molecule has 528 valence electrons. The molecule has 0 saturated carbocycles. The van der Waals surface area contributed by atoms with E-state index in [2.05, 4.69) is 26.6 Å². The third-order valence-electron chi connectivity index (χ3n) is 17.8. The maximum absolute atomic E-state index is 15.4. The lowest BCUT2D eigenvalue weighted by Crippen LogP contribution is -2.64. The van der Waals surface area contributed by atoms with Gasteiger partial charge in [-0.25, -0.2) is 0 Å². The van der Waals surface area contributed by atoms with Crippen molar-refractivity contribution in [2.45, 2.75) is 261 Å². The third kappa shape index (κ3) is 24.2. The minimum atomic E-state index is -1.64. The number of aliphatic hydroxyl groups excluding tert-OH is 1. The number of hydrogen-bond donors (Lipinski definition) is 6. The molecule has 92 heavy (non-hydrogen) atoms. The van der Waals surface area contributed by atoms with Gasteiger partial charge in [0.2, 0.25) is 70.9 Å². The first-order valence-electron chi connectivity index (χ1n) is 33.5. The third-order valence-corrected chi connectivity index (χ3v) is 17.8. The SMILES string of the molecule is CC[C@H]1NC(=O)[C@H]([C@H](O)[C@H](C)CCCCCCNC(C)=O)N(C)C(=O)[C@@H](C(C)C)N(C)C(=O)[C@@H](CC(C)C)N(C)C(=O)[C@H](CC(C)C)N(C)C(=O)[C@H](C)NC(=O)[C@@H](C)NC(=O)[C@@H](CC(C)C)N(C)C(=O)[C@@H](C(C)C)NC(=O)[C@H](CC(C)C)N(C)C(=O)[C@@H](C)N(C)C1=O. The predicted molar refractivity (Wildman–Crippen MR) is 355 cm³/mol. The summed E-state index contributed by atoms with van der Waals surface area (Å²) >= 11 is 0. The summed E-state index contributed by atoms with van der Waals surface area (Å²) in [6.07, 6.45) is 2.36. The molecule has 1 heterocycles. The van der Waals surface area contributed by atoms with Crippen molar-refractivity contribution >= 4 is 70.9 Å². The number of hydrogen-bond acceptors (Lipinski definition) is 13. The molecule has 1 rings (SSSR count). The predicted octanol–water partition coefficient (Wildman–Crippen LogP) is 3.78. The maximum atomic E-state index is 15.4. The molecule has 25 nitrogen and oxygen atoms in total. The van der Waals surface area contributed by atoms with Crippen LogP contribution in [0.15, 0.2) is 0 Å². The molecule has 0 radical (unpaired) electrons. The molecule has 0 unspecified atom stereocenters. The second-order valence-corrected chi connectivity index (χ2v) is 28.3. The number of unbranched alkanes of at least 4 members (excludes halogenated alkanes) is 3. The van der Waals surface area contributed by atoms with E-state index in [-0.39, 0.29) is 61.7 Å². The number of amides is 12. The largest absolute Gasteiger partial charge is 0.390 e. The number of likely N-dealkylation sites (N-methyl/N-ethyl adjacent to an activating group) is 7. The first kappa shape index (κ1) is 83.6. The Labute approximate surface area is 551 Å². The molecule has 13 atom stereocenters. The summed E-state index contributed by atoms with van der Waals surface area (Å²) in [7, 11) is 9.95. The van der Waals surface area contributed by atoms with Gasteiger partial charge in [0.05, 0.1) is 6.10 Å². The summed E-state index contributed by atoms with van der Waals surface area (Å²) in [5, 5.41) is 26.2. The second kappa shape index (κ2) is 38.7. The molecule has 25 heteroatoms. The van der Waals surface area contributed by atoms with E-state index >= 15 is 19.2 Å². The average molecular weight is 1300 g/mol. The Hall–Kier alpha value is -6.40. The zero-order valence-electron chi connectivity index (χ0n) is 60.7. The van der Waals surface area contributed by atoms with Crippen molar-refractivity contribution in [2.24, 2.45) is 41.4 Å². The Kier molecular flexibility index (Phi) is 35.2. The Bertz CT molecular complexity index is 2490. The highest BCUT2D eigenvalue weighted by Crippen LogP contribution is 2.26. The Morgan fingerprint density at radius 1 is 0.435 bits per heavy atom. The quantitative estimate of drug-likeness (QED) is 0.0948. The Morgan fingerprint density at radius 3 is 1.30 bits per heavy atom. The standard InChI is InChI=1S/C67H122N12O13/c1-26-48-63(88)73(19)46(17)62(87)74(20)50(34-38(4)5)59(84)72-53(41(10)11)66(91)75(21)49(33-37(2)3)58(83)69-44(15)57(82)70-45(16)61(86)76(22)51(35-39(6)7)64(89)77(23)52(36-40(8)9)65(90)78(24)54(42(12)13)67(92)79(25)55(60(85)71-48)56(81)43(14)31-29-27-28-30-32-68-47(18)80/h37-46,48-56,81H,26-36H2,1-25H3,(H,68,80)(H,69,83)(H,70,82)(H,71,85)(H,72,84)/t43-,44-,45+,46-,48-,49-,50+,51+,52-,53-,54-,55+,56-/m1/s1. The van der Waals surface area contributed by atoms with Crippen LogP contribution in [0.1, 0.15) is 189 Å². The lowest BCUT2D eigenvalue weighted by molar-refractivity contribution is -0.157. The van der Waals surface area contributed by atoms with Crippen LogP contribution in [-0.4, -0.2) is 239 Å². The maximum Gasteiger partial charge on any atom is 0.246 e. The molecule has 0 aromatic rings. The number of carbonyl (C=O) groups excluding carboxylic acids is 12. The zero-order valence-corrected chi connectivity index (χ0v) is 60.7. The molecule has 0 aromatic heterocycles. The van der Waals surface area contributed by atoms with Crippen LogP contribution < -0.4 is 26.6 Å². The lowest BCUT2D eigenvalue weighted by Gasteiger charge is -2.41. The smallest absolute Gasteiger partial charge is 0.246 e. The molecule has 0 aromatic carbocycles. The van der Waals surface area contributed by atoms with E-state index in [0.717, 1.165) is 29.1 Å². The molecule has 1 aliphatic heterocycles. The zero-order chi connectivity index (χ0) is 71.3. The highest BCUT2D eigenvalue weighted by Gasteiger charge is 2.46. The van der Waals surface area contributed by atoms with Gasteiger partial charge < -0.3 is 66.0 Å². The summed E-state index contributed by atoms with van der Waals surface area (Å²) < 4.78 is 0. The summed E-state index contributed by atoms with van der Waals surface area (Å²) in [6, 6.07) is -13.8. The van der Waals surface area contributed by atoms with Crippen LogP contribution in [0.4, 0.5) is 0 Å². The van der Waals surface area contributed by atoms with Gasteiger partial charge in [-0.1, -0.05) is 116 Å². The Morgan fingerprint density at radius 2 is 0.848 bits per heavy atom. The van der Waals surface area contributed by atoms with Crippen LogP contribution in [0.25, 0.3) is 0 Å². The highest BCUT2D eigenvalue weighted by atomic mass is 16.3. The van der Waals surface area contributed by atoms with Crippen molar-refractivity contribution < 1.29 is 62.6 Å². The van der Waals surface area contributed by atoms with Crippen molar-refractivity contribution in [3.63, 3.8) is 0 Å². The lowest BCUT2D eigenvalue weighted by atomic mass is 9.90. The first-order valence-corrected chi connectivity index (χ1v) is 33.5. The van der Waals surface area contributed by atoms with Crippen LogP contribution in [-0.2, 0) is 57.5 Å². The van der Waals surface area contributed by atoms with Gasteiger partial charge in [-0.15, -0.1) is 0 Å². The first-order chi connectivity index (χ1) is 42.5. The van der Waals surface area contributed by atoms with Crippen molar-refractivity contribution in [3.05, 3.63) is 0 Å². The molecule has 12 amide bonds. The minimum Gasteiger partial charge on any atom is -0.390 e. The van der Waals surface area contributed by atoms with E-state index in [4.69, 9.17) is 0 Å². The van der Waals surface area contributed by atoms with Crippen molar-refractivity contribution in [3.8, 4) is 0 Å². The van der Waals surface area contributed by atoms with Gasteiger partial charge >= 0.3 is 0 Å². The fraction of sp³-hybridized carbons (Fsp3) is 0.821. The second-order valence-electron chi connectivity index (χ2n) is 28.3. The number of aliphatic hydroxyl groups is 1. The van der Waals surface area contributed by atoms with E-state index < -0.39 is 155 Å². The summed E-state index contributed by atoms with van der Waals surface area (Å²) in [4.78, 5) is 182. The summed E-state index contributed by atoms with van der Waals surface area (Å²) in [5.74, 6) is -10.0. The highest BCUT2D eigenvalue weighted by molar-refractivity contribution is 6.00. The molecule has 1 fully saturated rings. The fourth-order valence-corrected chi connectivity index (χ4v) is 11.8. The van der Waals surface area contributed by atoms with Gasteiger partial charge in [0.25, 0.3) is 0 Å². The molecule has 0 bridgehead atoms.